The Kier molecular flexibility index (Phi) is 6.18. The van der Waals surface area contributed by atoms with Crippen molar-refractivity contribution in [2.75, 3.05) is 11.1 Å². The average molecular weight is 430 g/mol. The second kappa shape index (κ2) is 9.18. The van der Waals surface area contributed by atoms with Crippen LogP contribution in [-0.4, -0.2) is 21.2 Å². The average Bonchev–Trinajstić information content (AvgIpc) is 2.74. The normalized spacial score (nSPS) is 10.9. The van der Waals surface area contributed by atoms with E-state index >= 15 is 0 Å². The highest BCUT2D eigenvalue weighted by atomic mass is 32.2. The number of benzene rings is 3. The number of hydrogen-bond donors (Lipinski definition) is 1. The summed E-state index contributed by atoms with van der Waals surface area (Å²) in [6.45, 7) is 4.40. The van der Waals surface area contributed by atoms with E-state index in [-0.39, 0.29) is 17.2 Å². The lowest BCUT2D eigenvalue weighted by atomic mass is 10.1. The quantitative estimate of drug-likeness (QED) is 0.353. The number of nitrogens with zero attached hydrogens (tertiary/aromatic N) is 2. The Hall–Kier alpha value is -3.38. The molecule has 0 unspecified atom stereocenters. The fourth-order valence-corrected chi connectivity index (χ4v) is 4.34. The maximum absolute atomic E-state index is 13.2. The molecule has 0 aliphatic rings. The molecule has 0 bridgehead atoms. The summed E-state index contributed by atoms with van der Waals surface area (Å²) < 4.78 is 1.65. The Labute approximate surface area is 185 Å². The van der Waals surface area contributed by atoms with Gasteiger partial charge < -0.3 is 5.32 Å². The summed E-state index contributed by atoms with van der Waals surface area (Å²) in [6.07, 6.45) is 0. The minimum absolute atomic E-state index is 0.105. The Balaban J connectivity index is 1.60. The fraction of sp³-hybridized carbons (Fsp3) is 0.160. The minimum atomic E-state index is -0.135. The van der Waals surface area contributed by atoms with Crippen LogP contribution in [0.4, 0.5) is 5.69 Å². The number of carbonyl (C=O) groups excluding carboxylic acids is 1. The van der Waals surface area contributed by atoms with Gasteiger partial charge in [0.05, 0.1) is 23.2 Å². The number of fused-ring (bicyclic) bond motifs is 1. The first kappa shape index (κ1) is 20.9. The summed E-state index contributed by atoms with van der Waals surface area (Å²) in [5, 5.41) is 4.04. The molecule has 0 aliphatic carbocycles. The summed E-state index contributed by atoms with van der Waals surface area (Å²) in [6, 6.07) is 23.0. The van der Waals surface area contributed by atoms with Gasteiger partial charge in [-0.15, -0.1) is 0 Å². The molecule has 0 radical (unpaired) electrons. The summed E-state index contributed by atoms with van der Waals surface area (Å²) in [5.41, 5.74) is 4.49. The third-order valence-corrected chi connectivity index (χ3v) is 5.82. The van der Waals surface area contributed by atoms with Crippen molar-refractivity contribution >= 4 is 34.3 Å². The second-order valence-electron chi connectivity index (χ2n) is 7.50. The van der Waals surface area contributed by atoms with Crippen LogP contribution in [-0.2, 0) is 11.3 Å². The van der Waals surface area contributed by atoms with Gasteiger partial charge in [0.15, 0.2) is 5.16 Å². The van der Waals surface area contributed by atoms with E-state index in [1.165, 1.54) is 11.8 Å². The fourth-order valence-electron chi connectivity index (χ4n) is 3.54. The topological polar surface area (TPSA) is 64.0 Å². The molecule has 1 heterocycles. The SMILES string of the molecule is Cc1cc(C)cc(NC(=O)CSc2nc3ccccc3c(=O)n2Cc2ccccc2)c1. The summed E-state index contributed by atoms with van der Waals surface area (Å²) in [5.74, 6) is 0.0238. The molecule has 1 N–H and O–H groups in total. The predicted octanol–water partition coefficient (Wildman–Crippen LogP) is 4.79. The molecule has 31 heavy (non-hydrogen) atoms. The number of nitrogens with one attached hydrogen (secondary N) is 1. The number of thioether (sulfide) groups is 1. The van der Waals surface area contributed by atoms with Gasteiger partial charge in [0.25, 0.3) is 5.56 Å². The number of aromatic nitrogens is 2. The molecule has 5 nitrogen and oxygen atoms in total. The Morgan fingerprint density at radius 2 is 1.65 bits per heavy atom. The molecule has 3 aromatic carbocycles. The van der Waals surface area contributed by atoms with Crippen molar-refractivity contribution in [1.29, 1.82) is 0 Å². The predicted molar refractivity (Wildman–Crippen MR) is 127 cm³/mol. The van der Waals surface area contributed by atoms with Crippen molar-refractivity contribution in [3.05, 3.63) is 99.8 Å². The molecule has 4 rings (SSSR count). The van der Waals surface area contributed by atoms with E-state index in [9.17, 15) is 9.59 Å². The first-order valence-corrected chi connectivity index (χ1v) is 11.0. The van der Waals surface area contributed by atoms with Gasteiger partial charge in [-0.1, -0.05) is 60.3 Å². The van der Waals surface area contributed by atoms with Crippen molar-refractivity contribution in [1.82, 2.24) is 9.55 Å². The van der Waals surface area contributed by atoms with E-state index in [0.717, 1.165) is 22.4 Å². The van der Waals surface area contributed by atoms with Crippen LogP contribution in [0, 0.1) is 13.8 Å². The number of amides is 1. The zero-order valence-electron chi connectivity index (χ0n) is 17.5. The van der Waals surface area contributed by atoms with Crippen LogP contribution < -0.4 is 10.9 Å². The Morgan fingerprint density at radius 1 is 0.968 bits per heavy atom. The van der Waals surface area contributed by atoms with E-state index < -0.39 is 0 Å². The molecule has 6 heteroatoms. The van der Waals surface area contributed by atoms with Gasteiger partial charge in [-0.25, -0.2) is 4.98 Å². The van der Waals surface area contributed by atoms with E-state index in [1.807, 2.05) is 74.5 Å². The first-order chi connectivity index (χ1) is 15.0. The lowest BCUT2D eigenvalue weighted by Crippen LogP contribution is -2.24. The van der Waals surface area contributed by atoms with E-state index in [2.05, 4.69) is 16.4 Å². The summed E-state index contributed by atoms with van der Waals surface area (Å²) in [7, 11) is 0. The molecule has 0 atom stereocenters. The minimum Gasteiger partial charge on any atom is -0.325 e. The molecule has 0 saturated carbocycles. The van der Waals surface area contributed by atoms with E-state index in [0.29, 0.717) is 22.6 Å². The van der Waals surface area contributed by atoms with Gasteiger partial charge in [-0.2, -0.15) is 0 Å². The smallest absolute Gasteiger partial charge is 0.262 e. The Morgan fingerprint density at radius 3 is 2.39 bits per heavy atom. The van der Waals surface area contributed by atoms with Crippen molar-refractivity contribution in [3.63, 3.8) is 0 Å². The third-order valence-electron chi connectivity index (χ3n) is 4.85. The molecular formula is C25H23N3O2S. The third kappa shape index (κ3) is 5.03. The number of anilines is 1. The lowest BCUT2D eigenvalue weighted by Gasteiger charge is -2.13. The molecule has 1 aromatic heterocycles. The van der Waals surface area contributed by atoms with Crippen LogP contribution in [0.3, 0.4) is 0 Å². The van der Waals surface area contributed by atoms with Crippen LogP contribution in [0.2, 0.25) is 0 Å². The van der Waals surface area contributed by atoms with Gasteiger partial charge in [-0.3, -0.25) is 14.2 Å². The zero-order chi connectivity index (χ0) is 21.8. The van der Waals surface area contributed by atoms with Crippen molar-refractivity contribution in [2.24, 2.45) is 0 Å². The van der Waals surface area contributed by atoms with Crippen LogP contribution in [0.5, 0.6) is 0 Å². The molecule has 4 aromatic rings. The summed E-state index contributed by atoms with van der Waals surface area (Å²) in [4.78, 5) is 30.4. The van der Waals surface area contributed by atoms with Crippen molar-refractivity contribution in [2.45, 2.75) is 25.5 Å². The van der Waals surface area contributed by atoms with Crippen molar-refractivity contribution < 1.29 is 4.79 Å². The molecule has 156 valence electrons. The number of aryl methyl sites for hydroxylation is 2. The zero-order valence-corrected chi connectivity index (χ0v) is 18.3. The van der Waals surface area contributed by atoms with Gasteiger partial charge in [0.2, 0.25) is 5.91 Å². The van der Waals surface area contributed by atoms with E-state index in [1.54, 1.807) is 10.6 Å². The van der Waals surface area contributed by atoms with E-state index in [4.69, 9.17) is 0 Å². The highest BCUT2D eigenvalue weighted by molar-refractivity contribution is 7.99. The maximum atomic E-state index is 13.2. The maximum Gasteiger partial charge on any atom is 0.262 e. The van der Waals surface area contributed by atoms with Crippen molar-refractivity contribution in [3.8, 4) is 0 Å². The lowest BCUT2D eigenvalue weighted by molar-refractivity contribution is -0.113. The molecule has 0 spiro atoms. The largest absolute Gasteiger partial charge is 0.325 e. The monoisotopic (exact) mass is 429 g/mol. The van der Waals surface area contributed by atoms with Gasteiger partial charge in [-0.05, 0) is 54.8 Å². The van der Waals surface area contributed by atoms with Crippen LogP contribution in [0.1, 0.15) is 16.7 Å². The highest BCUT2D eigenvalue weighted by Crippen LogP contribution is 2.20. The number of rotatable bonds is 6. The van der Waals surface area contributed by atoms with Crippen LogP contribution in [0.15, 0.2) is 82.7 Å². The van der Waals surface area contributed by atoms with Gasteiger partial charge in [0, 0.05) is 5.69 Å². The number of para-hydroxylation sites is 1. The summed E-state index contributed by atoms with van der Waals surface area (Å²) >= 11 is 1.27. The molecule has 1 amide bonds. The Bertz CT molecular complexity index is 1280. The standard InChI is InChI=1S/C25H23N3O2S/c1-17-12-18(2)14-20(13-17)26-23(29)16-31-25-27-22-11-7-6-10-21(22)24(30)28(25)15-19-8-4-3-5-9-19/h3-14H,15-16H2,1-2H3,(H,26,29). The van der Waals surface area contributed by atoms with Gasteiger partial charge in [0.1, 0.15) is 0 Å². The van der Waals surface area contributed by atoms with Crippen LogP contribution in [0.25, 0.3) is 10.9 Å². The molecule has 0 saturated heterocycles. The number of hydrogen-bond acceptors (Lipinski definition) is 4. The number of carbonyl (C=O) groups is 1. The first-order valence-electron chi connectivity index (χ1n) is 10.0. The molecule has 0 fully saturated rings. The van der Waals surface area contributed by atoms with Gasteiger partial charge >= 0.3 is 0 Å². The molecular weight excluding hydrogens is 406 g/mol. The highest BCUT2D eigenvalue weighted by Gasteiger charge is 2.14. The van der Waals surface area contributed by atoms with Crippen LogP contribution >= 0.6 is 11.8 Å². The second-order valence-corrected chi connectivity index (χ2v) is 8.44. The molecule has 0 aliphatic heterocycles.